The van der Waals surface area contributed by atoms with Crippen molar-refractivity contribution < 1.29 is 28.6 Å². The summed E-state index contributed by atoms with van der Waals surface area (Å²) in [5, 5.41) is 0.262. The number of fused-ring (bicyclic) bond motifs is 1. The lowest BCUT2D eigenvalue weighted by Gasteiger charge is -2.33. The number of esters is 2. The highest BCUT2D eigenvalue weighted by atomic mass is 32.2. The molecule has 0 saturated carbocycles. The number of nitrogens with zero attached hydrogens (tertiary/aromatic N) is 2. The van der Waals surface area contributed by atoms with E-state index in [0.717, 1.165) is 5.56 Å². The Bertz CT molecular complexity index is 1220. The highest BCUT2D eigenvalue weighted by molar-refractivity contribution is 8.15. The second-order valence-electron chi connectivity index (χ2n) is 8.08. The smallest absolute Gasteiger partial charge is 0.338 e. The molecule has 1 saturated heterocycles. The molecule has 35 heavy (non-hydrogen) atoms. The number of benzene rings is 2. The first-order valence-electron chi connectivity index (χ1n) is 11.2. The summed E-state index contributed by atoms with van der Waals surface area (Å²) in [4.78, 5) is 44.3. The molecule has 2 heterocycles. The Hall–Kier alpha value is -3.59. The average Bonchev–Trinajstić information content (AvgIpc) is 3.17. The van der Waals surface area contributed by atoms with Crippen LogP contribution in [0.15, 0.2) is 64.8 Å². The quantitative estimate of drug-likeness (QED) is 0.416. The van der Waals surface area contributed by atoms with Gasteiger partial charge in [0.1, 0.15) is 6.61 Å². The van der Waals surface area contributed by atoms with Gasteiger partial charge in [-0.05, 0) is 36.6 Å². The molecule has 1 amide bonds. The third kappa shape index (κ3) is 4.95. The first-order chi connectivity index (χ1) is 16.8. The zero-order chi connectivity index (χ0) is 25.1. The third-order valence-electron chi connectivity index (χ3n) is 5.71. The van der Waals surface area contributed by atoms with Gasteiger partial charge in [0.15, 0.2) is 16.7 Å². The minimum absolute atomic E-state index is 0.0920. The molecule has 0 radical (unpaired) electrons. The van der Waals surface area contributed by atoms with Crippen molar-refractivity contribution in [2.75, 3.05) is 7.11 Å². The van der Waals surface area contributed by atoms with Crippen molar-refractivity contribution in [3.05, 3.63) is 70.9 Å². The molecule has 0 aliphatic carbocycles. The van der Waals surface area contributed by atoms with Crippen LogP contribution in [0.2, 0.25) is 0 Å². The van der Waals surface area contributed by atoms with E-state index < -0.39 is 18.0 Å². The fraction of sp³-hybridized carbons (Fsp3) is 0.308. The Morgan fingerprint density at radius 2 is 1.86 bits per heavy atom. The van der Waals surface area contributed by atoms with Gasteiger partial charge in [0.05, 0.1) is 29.7 Å². The second-order valence-corrected chi connectivity index (χ2v) is 9.25. The Morgan fingerprint density at radius 3 is 2.51 bits per heavy atom. The molecular weight excluding hydrogens is 468 g/mol. The van der Waals surface area contributed by atoms with Crippen molar-refractivity contribution >= 4 is 34.8 Å². The Morgan fingerprint density at radius 1 is 1.11 bits per heavy atom. The summed E-state index contributed by atoms with van der Waals surface area (Å²) in [6.07, 6.45) is 0.632. The molecule has 2 aromatic rings. The Balaban J connectivity index is 1.75. The van der Waals surface area contributed by atoms with Crippen LogP contribution in [0.1, 0.15) is 44.4 Å². The standard InChI is InChI=1S/C26H26N2O6S/c1-5-21-24(30)28-23(18-11-12-19(34-16(3)29)20(13-18)32-4)22(15(2)27-26(28)35-21)25(31)33-14-17-9-7-6-8-10-17/h6-13,21,23H,5,14H2,1-4H3. The summed E-state index contributed by atoms with van der Waals surface area (Å²) in [6.45, 7) is 5.07. The maximum atomic E-state index is 13.4. The number of allylic oxidation sites excluding steroid dienone is 1. The van der Waals surface area contributed by atoms with Crippen molar-refractivity contribution in [1.82, 2.24) is 4.90 Å². The molecule has 2 aliphatic rings. The molecule has 0 spiro atoms. The van der Waals surface area contributed by atoms with Gasteiger partial charge in [0.25, 0.3) is 0 Å². The van der Waals surface area contributed by atoms with Crippen molar-refractivity contribution in [2.45, 2.75) is 45.1 Å². The number of rotatable bonds is 7. The van der Waals surface area contributed by atoms with E-state index in [4.69, 9.17) is 14.2 Å². The molecule has 2 aliphatic heterocycles. The van der Waals surface area contributed by atoms with Gasteiger partial charge in [0, 0.05) is 6.92 Å². The molecule has 4 rings (SSSR count). The van der Waals surface area contributed by atoms with Gasteiger partial charge in [-0.2, -0.15) is 0 Å². The number of amides is 1. The molecular formula is C26H26N2O6S. The lowest BCUT2D eigenvalue weighted by atomic mass is 9.93. The number of carbonyl (C=O) groups is 3. The highest BCUT2D eigenvalue weighted by Crippen LogP contribution is 2.45. The number of carbonyl (C=O) groups excluding carboxylic acids is 3. The fourth-order valence-corrected chi connectivity index (χ4v) is 5.19. The van der Waals surface area contributed by atoms with Gasteiger partial charge in [-0.15, -0.1) is 0 Å². The third-order valence-corrected chi connectivity index (χ3v) is 7.03. The number of hydrogen-bond donors (Lipinski definition) is 0. The number of amidine groups is 1. The summed E-state index contributed by atoms with van der Waals surface area (Å²) in [5.74, 6) is -0.607. The van der Waals surface area contributed by atoms with Gasteiger partial charge in [-0.1, -0.05) is 55.1 Å². The fourth-order valence-electron chi connectivity index (χ4n) is 4.06. The van der Waals surface area contributed by atoms with Crippen LogP contribution < -0.4 is 9.47 Å². The maximum Gasteiger partial charge on any atom is 0.338 e. The van der Waals surface area contributed by atoms with Crippen molar-refractivity contribution in [3.8, 4) is 11.5 Å². The summed E-state index contributed by atoms with van der Waals surface area (Å²) < 4.78 is 16.3. The summed E-state index contributed by atoms with van der Waals surface area (Å²) in [6, 6.07) is 13.6. The van der Waals surface area contributed by atoms with Crippen LogP contribution in [-0.4, -0.2) is 40.3 Å². The molecule has 182 valence electrons. The predicted octanol–water partition coefficient (Wildman–Crippen LogP) is 4.40. The van der Waals surface area contributed by atoms with Crippen LogP contribution >= 0.6 is 11.8 Å². The molecule has 0 N–H and O–H groups in total. The molecule has 0 bridgehead atoms. The Labute approximate surface area is 207 Å². The van der Waals surface area contributed by atoms with Crippen LogP contribution in [-0.2, 0) is 25.7 Å². The van der Waals surface area contributed by atoms with Gasteiger partial charge in [-0.25, -0.2) is 9.79 Å². The predicted molar refractivity (Wildman–Crippen MR) is 132 cm³/mol. The molecule has 1 fully saturated rings. The van der Waals surface area contributed by atoms with Crippen molar-refractivity contribution in [2.24, 2.45) is 4.99 Å². The van der Waals surface area contributed by atoms with Gasteiger partial charge >= 0.3 is 11.9 Å². The minimum Gasteiger partial charge on any atom is -0.493 e. The van der Waals surface area contributed by atoms with E-state index in [2.05, 4.69) is 4.99 Å². The molecule has 2 atom stereocenters. The second kappa shape index (κ2) is 10.4. The first-order valence-corrected chi connectivity index (χ1v) is 12.1. The lowest BCUT2D eigenvalue weighted by molar-refractivity contribution is -0.141. The van der Waals surface area contributed by atoms with Crippen LogP contribution in [0.3, 0.4) is 0 Å². The summed E-state index contributed by atoms with van der Waals surface area (Å²) >= 11 is 1.39. The van der Waals surface area contributed by atoms with E-state index in [1.54, 1.807) is 30.0 Å². The van der Waals surface area contributed by atoms with E-state index in [-0.39, 0.29) is 29.1 Å². The van der Waals surface area contributed by atoms with Gasteiger partial charge in [-0.3, -0.25) is 14.5 Å². The first kappa shape index (κ1) is 24.5. The van der Waals surface area contributed by atoms with E-state index in [1.165, 1.54) is 25.8 Å². The monoisotopic (exact) mass is 494 g/mol. The molecule has 8 nitrogen and oxygen atoms in total. The zero-order valence-electron chi connectivity index (χ0n) is 19.9. The van der Waals surface area contributed by atoms with Crippen LogP contribution in [0, 0.1) is 0 Å². The van der Waals surface area contributed by atoms with Crippen LogP contribution in [0.5, 0.6) is 11.5 Å². The molecule has 2 aromatic carbocycles. The highest BCUT2D eigenvalue weighted by Gasteiger charge is 2.47. The lowest BCUT2D eigenvalue weighted by Crippen LogP contribution is -2.40. The van der Waals surface area contributed by atoms with E-state index >= 15 is 0 Å². The normalized spacial score (nSPS) is 19.3. The van der Waals surface area contributed by atoms with Crippen molar-refractivity contribution in [3.63, 3.8) is 0 Å². The number of ether oxygens (including phenoxy) is 3. The summed E-state index contributed by atoms with van der Waals surface area (Å²) in [7, 11) is 1.46. The average molecular weight is 495 g/mol. The van der Waals surface area contributed by atoms with E-state index in [0.29, 0.717) is 28.6 Å². The van der Waals surface area contributed by atoms with Crippen LogP contribution in [0.4, 0.5) is 0 Å². The largest absolute Gasteiger partial charge is 0.493 e. The molecule has 2 unspecified atom stereocenters. The number of methoxy groups -OCH3 is 1. The topological polar surface area (TPSA) is 94.5 Å². The zero-order valence-corrected chi connectivity index (χ0v) is 20.8. The van der Waals surface area contributed by atoms with Crippen LogP contribution in [0.25, 0.3) is 0 Å². The Kier molecular flexibility index (Phi) is 7.25. The van der Waals surface area contributed by atoms with E-state index in [1.807, 2.05) is 37.3 Å². The SMILES string of the molecule is CCC1SC2=NC(C)=C(C(=O)OCc3ccccc3)C(c3ccc(OC(C)=O)c(OC)c3)N2C1=O. The minimum atomic E-state index is -0.761. The number of thioether (sulfide) groups is 1. The number of aliphatic imine (C=N–C) groups is 1. The summed E-state index contributed by atoms with van der Waals surface area (Å²) in [5.41, 5.74) is 2.22. The van der Waals surface area contributed by atoms with Gasteiger partial charge < -0.3 is 14.2 Å². The van der Waals surface area contributed by atoms with Crippen molar-refractivity contribution in [1.29, 1.82) is 0 Å². The van der Waals surface area contributed by atoms with E-state index in [9.17, 15) is 14.4 Å². The molecule has 9 heteroatoms. The molecule has 0 aromatic heterocycles. The van der Waals surface area contributed by atoms with Gasteiger partial charge in [0.2, 0.25) is 5.91 Å². The number of hydrogen-bond acceptors (Lipinski definition) is 8. The maximum absolute atomic E-state index is 13.4.